The summed E-state index contributed by atoms with van der Waals surface area (Å²) < 4.78 is 36.4. The first-order valence-corrected chi connectivity index (χ1v) is 28.4. The lowest BCUT2D eigenvalue weighted by molar-refractivity contribution is 0.259. The monoisotopic (exact) mass is 970 g/mol. The molecule has 0 fully saturated rings. The fourth-order valence-corrected chi connectivity index (χ4v) is 10.4. The molecule has 72 heavy (non-hydrogen) atoms. The minimum Gasteiger partial charge on any atom is -0.493 e. The van der Waals surface area contributed by atoms with Gasteiger partial charge in [0, 0.05) is 22.0 Å². The van der Waals surface area contributed by atoms with Crippen molar-refractivity contribution in [3.05, 3.63) is 109 Å². The second-order valence-electron chi connectivity index (χ2n) is 20.0. The highest BCUT2D eigenvalue weighted by Gasteiger charge is 2.21. The van der Waals surface area contributed by atoms with Gasteiger partial charge in [-0.05, 0) is 131 Å². The van der Waals surface area contributed by atoms with Crippen LogP contribution < -0.4 is 23.7 Å². The highest BCUT2D eigenvalue weighted by atomic mass is 16.5. The summed E-state index contributed by atoms with van der Waals surface area (Å²) in [4.78, 5) is 0. The molecule has 8 aromatic rings. The molecule has 1 aromatic heterocycles. The van der Waals surface area contributed by atoms with Crippen molar-refractivity contribution in [2.45, 2.75) is 163 Å². The van der Waals surface area contributed by atoms with Crippen LogP contribution in [0.1, 0.15) is 163 Å². The van der Waals surface area contributed by atoms with Crippen LogP contribution in [0.15, 0.2) is 109 Å². The van der Waals surface area contributed by atoms with Gasteiger partial charge in [-0.3, -0.25) is 0 Å². The number of hydrogen-bond donors (Lipinski definition) is 0. The summed E-state index contributed by atoms with van der Waals surface area (Å²) in [6.07, 6.45) is 22.7. The first kappa shape index (κ1) is 52.4. The van der Waals surface area contributed by atoms with Crippen molar-refractivity contribution in [1.29, 1.82) is 0 Å². The molecule has 7 aromatic carbocycles. The van der Waals surface area contributed by atoms with Gasteiger partial charge in [0.25, 0.3) is 0 Å². The molecule has 0 spiro atoms. The van der Waals surface area contributed by atoms with Gasteiger partial charge in [0.1, 0.15) is 5.75 Å². The Bertz CT molecular complexity index is 2850. The Morgan fingerprint density at radius 2 is 0.597 bits per heavy atom. The summed E-state index contributed by atoms with van der Waals surface area (Å²) in [6.45, 7) is 14.5. The van der Waals surface area contributed by atoms with E-state index in [0.29, 0.717) is 33.0 Å². The van der Waals surface area contributed by atoms with Crippen LogP contribution in [-0.4, -0.2) is 37.6 Å². The number of hydrogen-bond acceptors (Lipinski definition) is 5. The molecule has 0 N–H and O–H groups in total. The van der Waals surface area contributed by atoms with Crippen molar-refractivity contribution >= 4 is 54.1 Å². The zero-order chi connectivity index (χ0) is 49.9. The Morgan fingerprint density at radius 3 is 0.944 bits per heavy atom. The Kier molecular flexibility index (Phi) is 19.8. The number of fused-ring (bicyclic) bond motifs is 9. The van der Waals surface area contributed by atoms with Gasteiger partial charge in [-0.2, -0.15) is 0 Å². The van der Waals surface area contributed by atoms with Crippen LogP contribution in [0.4, 0.5) is 0 Å². The average molecular weight is 970 g/mol. The minimum absolute atomic E-state index is 0.651. The van der Waals surface area contributed by atoms with E-state index in [2.05, 4.69) is 148 Å². The smallest absolute Gasteiger partial charge is 0.161 e. The second kappa shape index (κ2) is 27.3. The van der Waals surface area contributed by atoms with Gasteiger partial charge in [0.05, 0.1) is 44.1 Å². The number of aromatic nitrogens is 1. The van der Waals surface area contributed by atoms with Gasteiger partial charge in [-0.1, -0.05) is 179 Å². The Labute approximate surface area is 431 Å². The predicted molar refractivity (Wildman–Crippen MR) is 307 cm³/mol. The molecule has 6 nitrogen and oxygen atoms in total. The van der Waals surface area contributed by atoms with Crippen LogP contribution in [0.25, 0.3) is 70.9 Å². The molecule has 8 rings (SSSR count). The number of benzene rings is 7. The zero-order valence-corrected chi connectivity index (χ0v) is 44.6. The number of ether oxygens (including phenoxy) is 5. The van der Waals surface area contributed by atoms with Gasteiger partial charge in [-0.15, -0.1) is 0 Å². The SMILES string of the molecule is CCCCCCOc1cc2c3cc(OCCCCCC)c(OCCCCCC)cc3c3cc(-c4ccc(-n5c6ccccc6c6ccccc65)cc4)c(OCCCCCC)cc3c2cc1OCCCCCC. The predicted octanol–water partition coefficient (Wildman–Crippen LogP) is 19.7. The molecule has 6 heteroatoms. The first-order chi connectivity index (χ1) is 35.6. The topological polar surface area (TPSA) is 51.1 Å². The van der Waals surface area contributed by atoms with Crippen molar-refractivity contribution in [3.63, 3.8) is 0 Å². The van der Waals surface area contributed by atoms with Gasteiger partial charge >= 0.3 is 0 Å². The van der Waals surface area contributed by atoms with Crippen LogP contribution in [0.2, 0.25) is 0 Å². The molecule has 0 radical (unpaired) electrons. The third-order valence-corrected chi connectivity index (χ3v) is 14.5. The second-order valence-corrected chi connectivity index (χ2v) is 20.0. The molecular weight excluding hydrogens is 887 g/mol. The van der Waals surface area contributed by atoms with Crippen LogP contribution in [0.5, 0.6) is 28.7 Å². The molecule has 1 heterocycles. The van der Waals surface area contributed by atoms with E-state index >= 15 is 0 Å². The fourth-order valence-electron chi connectivity index (χ4n) is 10.4. The molecule has 0 unspecified atom stereocenters. The highest BCUT2D eigenvalue weighted by molar-refractivity contribution is 6.27. The van der Waals surface area contributed by atoms with E-state index in [0.717, 1.165) is 142 Å². The summed E-state index contributed by atoms with van der Waals surface area (Å²) >= 11 is 0. The molecule has 0 bridgehead atoms. The maximum Gasteiger partial charge on any atom is 0.161 e. The van der Waals surface area contributed by atoms with Crippen LogP contribution in [0, 0.1) is 0 Å². The number of nitrogens with zero attached hydrogens (tertiary/aromatic N) is 1. The van der Waals surface area contributed by atoms with Crippen molar-refractivity contribution < 1.29 is 23.7 Å². The quantitative estimate of drug-likeness (QED) is 0.0311. The molecule has 0 aliphatic heterocycles. The molecule has 0 aliphatic rings. The third-order valence-electron chi connectivity index (χ3n) is 14.5. The maximum atomic E-state index is 6.96. The lowest BCUT2D eigenvalue weighted by Gasteiger charge is -2.21. The highest BCUT2D eigenvalue weighted by Crippen LogP contribution is 2.48. The molecular formula is C66H83NO5. The summed E-state index contributed by atoms with van der Waals surface area (Å²) in [5.41, 5.74) is 5.72. The summed E-state index contributed by atoms with van der Waals surface area (Å²) in [5.74, 6) is 4.12. The van der Waals surface area contributed by atoms with E-state index in [1.165, 1.54) is 86.0 Å². The maximum absolute atomic E-state index is 6.96. The van der Waals surface area contributed by atoms with Crippen molar-refractivity contribution in [1.82, 2.24) is 4.57 Å². The molecule has 0 atom stereocenters. The third kappa shape index (κ3) is 12.8. The van der Waals surface area contributed by atoms with E-state index in [9.17, 15) is 0 Å². The van der Waals surface area contributed by atoms with Gasteiger partial charge in [0.15, 0.2) is 23.0 Å². The van der Waals surface area contributed by atoms with E-state index in [4.69, 9.17) is 23.7 Å². The summed E-state index contributed by atoms with van der Waals surface area (Å²) in [7, 11) is 0. The van der Waals surface area contributed by atoms with E-state index < -0.39 is 0 Å². The Hall–Kier alpha value is -5.88. The van der Waals surface area contributed by atoms with Crippen LogP contribution >= 0.6 is 0 Å². The van der Waals surface area contributed by atoms with E-state index in [1.54, 1.807) is 0 Å². The molecule has 0 aliphatic carbocycles. The summed E-state index contributed by atoms with van der Waals surface area (Å²) in [6, 6.07) is 40.3. The molecule has 382 valence electrons. The van der Waals surface area contributed by atoms with Crippen molar-refractivity contribution in [2.24, 2.45) is 0 Å². The number of para-hydroxylation sites is 2. The van der Waals surface area contributed by atoms with Crippen LogP contribution in [0.3, 0.4) is 0 Å². The Balaban J connectivity index is 1.33. The lowest BCUT2D eigenvalue weighted by Crippen LogP contribution is -2.04. The van der Waals surface area contributed by atoms with Gasteiger partial charge < -0.3 is 28.3 Å². The molecule has 0 amide bonds. The molecule has 0 saturated heterocycles. The van der Waals surface area contributed by atoms with Gasteiger partial charge in [-0.25, -0.2) is 0 Å². The average Bonchev–Trinajstić information content (AvgIpc) is 3.75. The van der Waals surface area contributed by atoms with Gasteiger partial charge in [0.2, 0.25) is 0 Å². The zero-order valence-electron chi connectivity index (χ0n) is 44.6. The standard InChI is InChI=1S/C66H83NO5/c1-6-11-16-25-38-68-62-44-55-54(43-53(62)49-34-36-50(37-35-49)67-60-32-23-21-30-51(60)52-31-22-24-33-61(52)67)56-45-63(69-39-26-17-12-7-2)65(71-41-28-19-14-9-4)47-58(56)59-48-66(72-42-29-20-15-10-5)64(46-57(55)59)70-40-27-18-13-8-3/h21-24,30-37,43-48H,6-20,25-29,38-42H2,1-5H3. The number of unbranched alkanes of at least 4 members (excludes halogenated alkanes) is 15. The number of rotatable bonds is 32. The normalized spacial score (nSPS) is 11.7. The summed E-state index contributed by atoms with van der Waals surface area (Å²) in [5, 5.41) is 9.26. The first-order valence-electron chi connectivity index (χ1n) is 28.4. The largest absolute Gasteiger partial charge is 0.493 e. The minimum atomic E-state index is 0.651. The van der Waals surface area contributed by atoms with E-state index in [-0.39, 0.29) is 0 Å². The lowest BCUT2D eigenvalue weighted by atomic mass is 9.90. The fraction of sp³-hybridized carbons (Fsp3) is 0.455. The van der Waals surface area contributed by atoms with Crippen LogP contribution in [-0.2, 0) is 0 Å². The Morgan fingerprint density at radius 1 is 0.292 bits per heavy atom. The van der Waals surface area contributed by atoms with Crippen molar-refractivity contribution in [2.75, 3.05) is 33.0 Å². The van der Waals surface area contributed by atoms with E-state index in [1.807, 2.05) is 0 Å². The van der Waals surface area contributed by atoms with Crippen molar-refractivity contribution in [3.8, 4) is 45.6 Å². The molecule has 0 saturated carbocycles.